The van der Waals surface area contributed by atoms with E-state index in [1.54, 1.807) is 24.3 Å². The summed E-state index contributed by atoms with van der Waals surface area (Å²) in [6.07, 6.45) is 2.32. The number of rotatable bonds is 3. The Kier molecular flexibility index (Phi) is 5.45. The van der Waals surface area contributed by atoms with Gasteiger partial charge in [0.1, 0.15) is 5.69 Å². The topological polar surface area (TPSA) is 58.1 Å². The van der Waals surface area contributed by atoms with Crippen molar-refractivity contribution in [3.8, 4) is 0 Å². The lowest BCUT2D eigenvalue weighted by molar-refractivity contribution is 0.102. The van der Waals surface area contributed by atoms with Gasteiger partial charge in [0.2, 0.25) is 5.95 Å². The third-order valence-electron chi connectivity index (χ3n) is 4.22. The standard InChI is InChI=1S/C18H20Cl2N4O/c1-11-5-4-8-24(10-11)18-21-12(2)9-15(22-18)17(25)23-16-13(19)6-3-7-14(16)20/h3,6-7,9,11H,4-5,8,10H2,1-2H3,(H,23,25). The van der Waals surface area contributed by atoms with Crippen molar-refractivity contribution in [2.45, 2.75) is 26.7 Å². The SMILES string of the molecule is Cc1cc(C(=O)Nc2c(Cl)cccc2Cl)nc(N2CCCC(C)C2)n1. The Morgan fingerprint density at radius 1 is 1.28 bits per heavy atom. The minimum absolute atomic E-state index is 0.303. The number of aromatic nitrogens is 2. The highest BCUT2D eigenvalue weighted by Crippen LogP contribution is 2.30. The number of anilines is 2. The van der Waals surface area contributed by atoms with Gasteiger partial charge in [0.25, 0.3) is 5.91 Å². The molecule has 0 saturated carbocycles. The number of aryl methyl sites for hydroxylation is 1. The Hall–Kier alpha value is -1.85. The Balaban J connectivity index is 1.85. The predicted octanol–water partition coefficient (Wildman–Crippen LogP) is 4.58. The number of carbonyl (C=O) groups excluding carboxylic acids is 1. The molecule has 5 nitrogen and oxygen atoms in total. The molecule has 3 rings (SSSR count). The van der Waals surface area contributed by atoms with E-state index in [0.29, 0.717) is 33.3 Å². The van der Waals surface area contributed by atoms with Crippen LogP contribution in [-0.4, -0.2) is 29.0 Å². The lowest BCUT2D eigenvalue weighted by atomic mass is 10.0. The number of benzene rings is 1. The van der Waals surface area contributed by atoms with E-state index >= 15 is 0 Å². The van der Waals surface area contributed by atoms with E-state index in [1.165, 1.54) is 6.42 Å². The average Bonchev–Trinajstić information content (AvgIpc) is 2.57. The second-order valence-corrected chi connectivity index (χ2v) is 7.25. The molecule has 2 heterocycles. The highest BCUT2D eigenvalue weighted by molar-refractivity contribution is 6.40. The fraction of sp³-hybridized carbons (Fsp3) is 0.389. The smallest absolute Gasteiger partial charge is 0.274 e. The number of hydrogen-bond acceptors (Lipinski definition) is 4. The fourth-order valence-corrected chi connectivity index (χ4v) is 3.47. The molecule has 1 aliphatic heterocycles. The van der Waals surface area contributed by atoms with Crippen molar-refractivity contribution in [2.24, 2.45) is 5.92 Å². The fourth-order valence-electron chi connectivity index (χ4n) is 2.98. The van der Waals surface area contributed by atoms with Crippen LogP contribution in [0.25, 0.3) is 0 Å². The molecule has 1 aromatic carbocycles. The zero-order valence-electron chi connectivity index (χ0n) is 14.2. The van der Waals surface area contributed by atoms with Gasteiger partial charge in [-0.2, -0.15) is 0 Å². The first-order valence-corrected chi connectivity index (χ1v) is 9.05. The van der Waals surface area contributed by atoms with Gasteiger partial charge in [-0.25, -0.2) is 9.97 Å². The van der Waals surface area contributed by atoms with Gasteiger partial charge in [0, 0.05) is 18.8 Å². The molecular formula is C18H20Cl2N4O. The van der Waals surface area contributed by atoms with Crippen LogP contribution in [0.1, 0.15) is 35.9 Å². The van der Waals surface area contributed by atoms with Crippen LogP contribution >= 0.6 is 23.2 Å². The van der Waals surface area contributed by atoms with E-state index in [4.69, 9.17) is 23.2 Å². The maximum absolute atomic E-state index is 12.6. The quantitative estimate of drug-likeness (QED) is 0.848. The number of carbonyl (C=O) groups is 1. The molecule has 1 aromatic heterocycles. The second-order valence-electron chi connectivity index (χ2n) is 6.44. The number of hydrogen-bond donors (Lipinski definition) is 1. The minimum Gasteiger partial charge on any atom is -0.341 e. The van der Waals surface area contributed by atoms with Crippen LogP contribution in [0.15, 0.2) is 24.3 Å². The Morgan fingerprint density at radius 2 is 2.00 bits per heavy atom. The second kappa shape index (κ2) is 7.58. The molecule has 1 aliphatic rings. The van der Waals surface area contributed by atoms with Crippen molar-refractivity contribution in [3.05, 3.63) is 45.7 Å². The molecule has 1 N–H and O–H groups in total. The summed E-state index contributed by atoms with van der Waals surface area (Å²) in [5.74, 6) is 0.839. The van der Waals surface area contributed by atoms with Crippen LogP contribution < -0.4 is 10.2 Å². The van der Waals surface area contributed by atoms with E-state index in [9.17, 15) is 4.79 Å². The summed E-state index contributed by atoms with van der Waals surface area (Å²) in [6, 6.07) is 6.74. The number of amides is 1. The van der Waals surface area contributed by atoms with Crippen molar-refractivity contribution in [2.75, 3.05) is 23.3 Å². The first-order valence-electron chi connectivity index (χ1n) is 8.30. The lowest BCUT2D eigenvalue weighted by Crippen LogP contribution is -2.36. The zero-order chi connectivity index (χ0) is 18.0. The van der Waals surface area contributed by atoms with E-state index < -0.39 is 0 Å². The number of piperidine rings is 1. The molecule has 25 heavy (non-hydrogen) atoms. The Morgan fingerprint density at radius 3 is 2.68 bits per heavy atom. The van der Waals surface area contributed by atoms with Crippen LogP contribution in [0.5, 0.6) is 0 Å². The maximum Gasteiger partial charge on any atom is 0.274 e. The summed E-state index contributed by atoms with van der Waals surface area (Å²) in [6.45, 7) is 5.89. The van der Waals surface area contributed by atoms with Gasteiger partial charge in [0.15, 0.2) is 0 Å². The number of halogens is 2. The van der Waals surface area contributed by atoms with Gasteiger partial charge in [-0.05, 0) is 43.9 Å². The normalized spacial score (nSPS) is 17.4. The summed E-state index contributed by atoms with van der Waals surface area (Å²) in [5.41, 5.74) is 1.44. The molecule has 1 atom stereocenters. The van der Waals surface area contributed by atoms with E-state index in [2.05, 4.69) is 27.1 Å². The zero-order valence-corrected chi connectivity index (χ0v) is 15.7. The minimum atomic E-state index is -0.355. The lowest BCUT2D eigenvalue weighted by Gasteiger charge is -2.31. The number of nitrogens with zero attached hydrogens (tertiary/aromatic N) is 3. The molecule has 1 unspecified atom stereocenters. The van der Waals surface area contributed by atoms with E-state index in [0.717, 1.165) is 25.2 Å². The van der Waals surface area contributed by atoms with Gasteiger partial charge in [-0.1, -0.05) is 36.2 Å². The van der Waals surface area contributed by atoms with Crippen molar-refractivity contribution in [1.29, 1.82) is 0 Å². The maximum atomic E-state index is 12.6. The van der Waals surface area contributed by atoms with Gasteiger partial charge < -0.3 is 10.2 Å². The van der Waals surface area contributed by atoms with Gasteiger partial charge in [0.05, 0.1) is 15.7 Å². The summed E-state index contributed by atoms with van der Waals surface area (Å²) in [7, 11) is 0. The molecule has 2 aromatic rings. The predicted molar refractivity (Wildman–Crippen MR) is 102 cm³/mol. The summed E-state index contributed by atoms with van der Waals surface area (Å²) >= 11 is 12.2. The van der Waals surface area contributed by atoms with Crippen LogP contribution in [0, 0.1) is 12.8 Å². The first kappa shape index (κ1) is 18.0. The molecule has 0 bridgehead atoms. The van der Waals surface area contributed by atoms with Crippen molar-refractivity contribution >= 4 is 40.7 Å². The molecule has 1 fully saturated rings. The highest BCUT2D eigenvalue weighted by Gasteiger charge is 2.21. The molecule has 7 heteroatoms. The van der Waals surface area contributed by atoms with Gasteiger partial charge in [-0.15, -0.1) is 0 Å². The summed E-state index contributed by atoms with van der Waals surface area (Å²) in [4.78, 5) is 23.7. The van der Waals surface area contributed by atoms with E-state index in [1.807, 2.05) is 6.92 Å². The van der Waals surface area contributed by atoms with Gasteiger partial charge in [-0.3, -0.25) is 4.79 Å². The molecule has 0 aliphatic carbocycles. The number of nitrogens with one attached hydrogen (secondary N) is 1. The molecule has 1 saturated heterocycles. The van der Waals surface area contributed by atoms with Crippen LogP contribution in [0.4, 0.5) is 11.6 Å². The molecular weight excluding hydrogens is 359 g/mol. The largest absolute Gasteiger partial charge is 0.341 e. The number of para-hydroxylation sites is 1. The Labute approximate surface area is 157 Å². The van der Waals surface area contributed by atoms with Crippen LogP contribution in [-0.2, 0) is 0 Å². The third kappa shape index (κ3) is 4.22. The Bertz CT molecular complexity index is 776. The van der Waals surface area contributed by atoms with Crippen molar-refractivity contribution < 1.29 is 4.79 Å². The first-order chi connectivity index (χ1) is 11.9. The third-order valence-corrected chi connectivity index (χ3v) is 4.85. The highest BCUT2D eigenvalue weighted by atomic mass is 35.5. The average molecular weight is 379 g/mol. The monoisotopic (exact) mass is 378 g/mol. The molecule has 0 spiro atoms. The van der Waals surface area contributed by atoms with Crippen molar-refractivity contribution in [1.82, 2.24) is 9.97 Å². The summed E-state index contributed by atoms with van der Waals surface area (Å²) in [5, 5.41) is 3.52. The molecule has 132 valence electrons. The summed E-state index contributed by atoms with van der Waals surface area (Å²) < 4.78 is 0. The van der Waals surface area contributed by atoms with Crippen LogP contribution in [0.2, 0.25) is 10.0 Å². The molecule has 1 amide bonds. The van der Waals surface area contributed by atoms with Crippen LogP contribution in [0.3, 0.4) is 0 Å². The molecule has 0 radical (unpaired) electrons. The van der Waals surface area contributed by atoms with Gasteiger partial charge >= 0.3 is 0 Å². The van der Waals surface area contributed by atoms with Crippen molar-refractivity contribution in [3.63, 3.8) is 0 Å². The van der Waals surface area contributed by atoms with E-state index in [-0.39, 0.29) is 5.91 Å².